The summed E-state index contributed by atoms with van der Waals surface area (Å²) in [5.41, 5.74) is -0.197. The van der Waals surface area contributed by atoms with Gasteiger partial charge in [-0.2, -0.15) is 28.1 Å². The lowest BCUT2D eigenvalue weighted by Gasteiger charge is -2.19. The first-order chi connectivity index (χ1) is 25.6. The van der Waals surface area contributed by atoms with Crippen LogP contribution < -0.4 is 30.7 Å². The van der Waals surface area contributed by atoms with E-state index in [2.05, 4.69) is 47.5 Å². The van der Waals surface area contributed by atoms with Crippen molar-refractivity contribution in [2.75, 3.05) is 23.8 Å². The maximum atomic E-state index is 12.9. The molecule has 6 rings (SSSR count). The highest BCUT2D eigenvalue weighted by Gasteiger charge is 2.60. The van der Waals surface area contributed by atoms with Crippen molar-refractivity contribution >= 4 is 56.9 Å². The first kappa shape index (κ1) is 38.7. The van der Waals surface area contributed by atoms with Gasteiger partial charge < -0.3 is 26.0 Å². The van der Waals surface area contributed by atoms with Crippen molar-refractivity contribution in [2.24, 2.45) is 5.92 Å². The molecule has 0 saturated heterocycles. The summed E-state index contributed by atoms with van der Waals surface area (Å²) in [5.74, 6) is -2.01. The van der Waals surface area contributed by atoms with Crippen LogP contribution in [0.5, 0.6) is 6.01 Å². The second-order valence-corrected chi connectivity index (χ2v) is 15.9. The Morgan fingerprint density at radius 3 is 2.28 bits per heavy atom. The van der Waals surface area contributed by atoms with E-state index >= 15 is 0 Å². The summed E-state index contributed by atoms with van der Waals surface area (Å²) >= 11 is 6.03. The van der Waals surface area contributed by atoms with E-state index in [-0.39, 0.29) is 43.1 Å². The molecule has 2 aromatic carbocycles. The molecule has 0 bridgehead atoms. The molecule has 3 aromatic rings. The van der Waals surface area contributed by atoms with Gasteiger partial charge >= 0.3 is 12.2 Å². The third-order valence-electron chi connectivity index (χ3n) is 9.26. The van der Waals surface area contributed by atoms with Crippen LogP contribution >= 0.6 is 11.6 Å². The Bertz CT molecular complexity index is 2010. The molecule has 14 nitrogen and oxygen atoms in total. The maximum absolute atomic E-state index is 12.9. The van der Waals surface area contributed by atoms with Gasteiger partial charge in [0.25, 0.3) is 11.8 Å². The van der Waals surface area contributed by atoms with E-state index < -0.39 is 57.0 Å². The van der Waals surface area contributed by atoms with Crippen LogP contribution in [0.15, 0.2) is 61.2 Å². The molecule has 3 aliphatic rings. The number of nitrogens with one attached hydrogen (secondary N) is 5. The van der Waals surface area contributed by atoms with E-state index in [1.54, 1.807) is 24.3 Å². The van der Waals surface area contributed by atoms with Gasteiger partial charge in [-0.25, -0.2) is 8.42 Å². The van der Waals surface area contributed by atoms with Crippen molar-refractivity contribution in [3.8, 4) is 6.01 Å². The highest BCUT2D eigenvalue weighted by Crippen LogP contribution is 2.48. The largest absolute Gasteiger partial charge is 0.454 e. The minimum absolute atomic E-state index is 0.00317. The second-order valence-electron chi connectivity index (χ2n) is 13.5. The Kier molecular flexibility index (Phi) is 11.1. The van der Waals surface area contributed by atoms with Crippen molar-refractivity contribution in [2.45, 2.75) is 73.9 Å². The third-order valence-corrected chi connectivity index (χ3v) is 11.3. The van der Waals surface area contributed by atoms with E-state index in [0.29, 0.717) is 42.0 Å². The molecule has 0 aliphatic heterocycles. The van der Waals surface area contributed by atoms with Crippen molar-refractivity contribution < 1.29 is 40.7 Å². The fraction of sp³-hybridized carbons (Fsp3) is 0.429. The Hall–Kier alpha value is -4.97. The number of aromatic nitrogens is 3. The molecular weight excluding hydrogens is 753 g/mol. The quantitative estimate of drug-likeness (QED) is 0.0872. The molecule has 0 radical (unpaired) electrons. The van der Waals surface area contributed by atoms with E-state index in [1.807, 2.05) is 12.1 Å². The van der Waals surface area contributed by atoms with Crippen LogP contribution in [0.25, 0.3) is 0 Å². The maximum Gasteiger partial charge on any atom is 0.422 e. The van der Waals surface area contributed by atoms with Gasteiger partial charge in [0.2, 0.25) is 27.8 Å². The zero-order valence-electron chi connectivity index (χ0n) is 28.8. The van der Waals surface area contributed by atoms with Gasteiger partial charge in [0, 0.05) is 35.2 Å². The minimum atomic E-state index is -4.61. The van der Waals surface area contributed by atoms with Crippen LogP contribution in [0.1, 0.15) is 67.3 Å². The normalized spacial score (nSPS) is 19.9. The predicted molar refractivity (Wildman–Crippen MR) is 193 cm³/mol. The zero-order chi connectivity index (χ0) is 38.7. The standard InChI is InChI=1S/C35H38ClF3N8O6S/c1-2-22-19-34(22,29(50)47-54(51,52)26-14-15-26)45-27(48)5-3-4-18-40-28(49)21-6-12-25(13-7-21)41-30-42-31(44-32(43-30)53-20-35(37,38)39)46-33(16-17-33)23-8-10-24(36)11-9-23/h2,6-13,22,26H,1,3-5,14-20H2,(H,40,49)(H,45,48)(H,47,50)(H2,41,42,43,44,46). The summed E-state index contributed by atoms with van der Waals surface area (Å²) in [6, 6.07) is 12.8. The molecule has 1 aromatic heterocycles. The summed E-state index contributed by atoms with van der Waals surface area (Å²) in [6.07, 6.45) is 0.521. The number of benzene rings is 2. The first-order valence-electron chi connectivity index (χ1n) is 17.2. The van der Waals surface area contributed by atoms with Crippen LogP contribution in [0.4, 0.5) is 30.8 Å². The number of rotatable bonds is 18. The SMILES string of the molecule is C=CC1CC1(NC(=O)CCCCNC(=O)c1ccc(Nc2nc(NC3(c4ccc(Cl)cc4)CC3)nc(OCC(F)(F)F)n2)cc1)C(=O)NS(=O)(=O)C1CC1. The van der Waals surface area contributed by atoms with Gasteiger partial charge in [-0.05, 0) is 86.9 Å². The molecule has 3 fully saturated rings. The molecule has 5 N–H and O–H groups in total. The fourth-order valence-corrected chi connectivity index (χ4v) is 7.34. The number of nitrogens with zero attached hydrogens (tertiary/aromatic N) is 3. The fourth-order valence-electron chi connectivity index (χ4n) is 5.85. The molecule has 3 aliphatic carbocycles. The Morgan fingerprint density at radius 1 is 0.981 bits per heavy atom. The van der Waals surface area contributed by atoms with E-state index in [4.69, 9.17) is 16.3 Å². The molecule has 54 heavy (non-hydrogen) atoms. The van der Waals surface area contributed by atoms with Crippen LogP contribution in [0.3, 0.4) is 0 Å². The number of carbonyl (C=O) groups excluding carboxylic acids is 3. The summed E-state index contributed by atoms with van der Waals surface area (Å²) in [5, 5.41) is 11.6. The van der Waals surface area contributed by atoms with E-state index in [0.717, 1.165) is 18.4 Å². The Labute approximate surface area is 314 Å². The number of sulfonamides is 1. The van der Waals surface area contributed by atoms with Crippen LogP contribution in [-0.4, -0.2) is 71.2 Å². The molecule has 2 unspecified atom stereocenters. The lowest BCUT2D eigenvalue weighted by Crippen LogP contribution is -2.52. The van der Waals surface area contributed by atoms with Crippen LogP contribution in [-0.2, 0) is 25.2 Å². The average molecular weight is 791 g/mol. The predicted octanol–water partition coefficient (Wildman–Crippen LogP) is 4.88. The van der Waals surface area contributed by atoms with Gasteiger partial charge in [0.15, 0.2) is 6.61 Å². The number of amides is 3. The lowest BCUT2D eigenvalue weighted by molar-refractivity contribution is -0.154. The highest BCUT2D eigenvalue weighted by atomic mass is 35.5. The van der Waals surface area contributed by atoms with Crippen LogP contribution in [0, 0.1) is 5.92 Å². The molecule has 3 saturated carbocycles. The molecule has 1 heterocycles. The van der Waals surface area contributed by atoms with Crippen molar-refractivity contribution in [3.05, 3.63) is 77.3 Å². The number of alkyl halides is 3. The third kappa shape index (κ3) is 9.76. The van der Waals surface area contributed by atoms with Gasteiger partial charge in [0.1, 0.15) is 5.54 Å². The van der Waals surface area contributed by atoms with Gasteiger partial charge in [0.05, 0.1) is 10.8 Å². The number of ether oxygens (including phenoxy) is 1. The summed E-state index contributed by atoms with van der Waals surface area (Å²) in [6.45, 7) is 2.33. The van der Waals surface area contributed by atoms with E-state index in [1.165, 1.54) is 18.2 Å². The molecule has 19 heteroatoms. The van der Waals surface area contributed by atoms with Gasteiger partial charge in [-0.3, -0.25) is 19.1 Å². The van der Waals surface area contributed by atoms with E-state index in [9.17, 15) is 36.0 Å². The molecule has 2 atom stereocenters. The smallest absolute Gasteiger partial charge is 0.422 e. The summed E-state index contributed by atoms with van der Waals surface area (Å²) < 4.78 is 70.2. The van der Waals surface area contributed by atoms with Crippen molar-refractivity contribution in [3.63, 3.8) is 0 Å². The zero-order valence-corrected chi connectivity index (χ0v) is 30.4. The summed E-state index contributed by atoms with van der Waals surface area (Å²) in [7, 11) is -3.77. The number of hydrogen-bond donors (Lipinski definition) is 5. The van der Waals surface area contributed by atoms with Crippen molar-refractivity contribution in [1.29, 1.82) is 0 Å². The van der Waals surface area contributed by atoms with Crippen molar-refractivity contribution in [1.82, 2.24) is 30.3 Å². The number of halogens is 4. The number of unbranched alkanes of at least 4 members (excludes halogenated alkanes) is 1. The minimum Gasteiger partial charge on any atom is -0.454 e. The molecule has 288 valence electrons. The second kappa shape index (κ2) is 15.4. The Morgan fingerprint density at radius 2 is 1.67 bits per heavy atom. The van der Waals surface area contributed by atoms with Crippen LogP contribution in [0.2, 0.25) is 5.02 Å². The number of carbonyl (C=O) groups is 3. The Balaban J connectivity index is 0.988. The average Bonchev–Trinajstić information content (AvgIpc) is 3.99. The van der Waals surface area contributed by atoms with Gasteiger partial charge in [-0.15, -0.1) is 6.58 Å². The lowest BCUT2D eigenvalue weighted by atomic mass is 10.1. The molecular formula is C35H38ClF3N8O6S. The monoisotopic (exact) mass is 790 g/mol. The molecule has 0 spiro atoms. The molecule has 3 amide bonds. The summed E-state index contributed by atoms with van der Waals surface area (Å²) in [4.78, 5) is 50.6. The number of anilines is 3. The first-order valence-corrected chi connectivity index (χ1v) is 19.2. The highest BCUT2D eigenvalue weighted by molar-refractivity contribution is 7.91. The number of hydrogen-bond acceptors (Lipinski definition) is 11. The van der Waals surface area contributed by atoms with Gasteiger partial charge in [-0.1, -0.05) is 29.8 Å². The topological polar surface area (TPSA) is 193 Å².